The van der Waals surface area contributed by atoms with E-state index in [2.05, 4.69) is 16.0 Å². The van der Waals surface area contributed by atoms with Crippen molar-refractivity contribution in [1.29, 1.82) is 0 Å². The highest BCUT2D eigenvalue weighted by molar-refractivity contribution is 5.95. The second-order valence-corrected chi connectivity index (χ2v) is 5.74. The molecule has 0 aromatic heterocycles. The predicted molar refractivity (Wildman–Crippen MR) is 86.4 cm³/mol. The fraction of sp³-hybridized carbons (Fsp3) is 0.643. The van der Waals surface area contributed by atoms with Gasteiger partial charge in [-0.3, -0.25) is 19.2 Å². The molecule has 1 saturated heterocycles. The van der Waals surface area contributed by atoms with E-state index in [0.29, 0.717) is 13.0 Å². The average molecular weight is 373 g/mol. The lowest BCUT2D eigenvalue weighted by molar-refractivity contribution is -0.143. The Morgan fingerprint density at radius 3 is 2.35 bits per heavy atom. The minimum absolute atomic E-state index is 0.458. The molecule has 0 aromatic rings. The van der Waals surface area contributed by atoms with Gasteiger partial charge in [-0.15, -0.1) is 0 Å². The zero-order valence-corrected chi connectivity index (χ0v) is 14.0. The van der Waals surface area contributed by atoms with Crippen molar-refractivity contribution in [1.82, 2.24) is 21.3 Å². The molecule has 1 heterocycles. The van der Waals surface area contributed by atoms with Crippen molar-refractivity contribution in [2.75, 3.05) is 19.7 Å². The Balaban J connectivity index is 2.56. The van der Waals surface area contributed by atoms with Gasteiger partial charge in [0.2, 0.25) is 23.6 Å². The number of carbonyl (C=O) groups excluding carboxylic acids is 4. The number of primary amides is 1. The number of carboxylic acids is 1. The maximum absolute atomic E-state index is 12.1. The van der Waals surface area contributed by atoms with Crippen molar-refractivity contribution in [2.45, 2.75) is 37.4 Å². The third-order valence-corrected chi connectivity index (χ3v) is 3.65. The molecule has 12 nitrogen and oxygen atoms in total. The van der Waals surface area contributed by atoms with Gasteiger partial charge in [-0.2, -0.15) is 0 Å². The van der Waals surface area contributed by atoms with Crippen molar-refractivity contribution in [3.63, 3.8) is 0 Å². The topological polar surface area (TPSA) is 200 Å². The van der Waals surface area contributed by atoms with Crippen LogP contribution in [0.4, 0.5) is 0 Å². The van der Waals surface area contributed by atoms with Crippen LogP contribution in [0.2, 0.25) is 0 Å². The number of rotatable bonds is 10. The van der Waals surface area contributed by atoms with Gasteiger partial charge in [0.1, 0.15) is 12.1 Å². The second kappa shape index (κ2) is 10.3. The number of aliphatic hydroxyl groups is 1. The summed E-state index contributed by atoms with van der Waals surface area (Å²) < 4.78 is 0. The molecule has 1 aliphatic heterocycles. The van der Waals surface area contributed by atoms with Crippen molar-refractivity contribution >= 4 is 29.6 Å². The first kappa shape index (κ1) is 21.3. The van der Waals surface area contributed by atoms with E-state index in [0.717, 1.165) is 6.42 Å². The maximum atomic E-state index is 12.1. The normalized spacial score (nSPS) is 18.4. The van der Waals surface area contributed by atoms with Crippen LogP contribution in [0.3, 0.4) is 0 Å². The number of hydrogen-bond donors (Lipinski definition) is 7. The third kappa shape index (κ3) is 7.03. The molecule has 0 bridgehead atoms. The zero-order valence-electron chi connectivity index (χ0n) is 14.0. The van der Waals surface area contributed by atoms with Gasteiger partial charge in [-0.25, -0.2) is 4.79 Å². The SMILES string of the molecule is NC(=O)CC(NC(=O)C1CCCN1)C(=O)NCC(=O)NC(CO)C(=O)O. The highest BCUT2D eigenvalue weighted by atomic mass is 16.4. The van der Waals surface area contributed by atoms with Gasteiger partial charge in [0.25, 0.3) is 0 Å². The Morgan fingerprint density at radius 1 is 1.15 bits per heavy atom. The van der Waals surface area contributed by atoms with E-state index < -0.39 is 67.3 Å². The molecule has 0 spiro atoms. The first-order chi connectivity index (χ1) is 12.2. The third-order valence-electron chi connectivity index (χ3n) is 3.65. The standard InChI is InChI=1S/C14H23N5O7/c15-10(21)4-8(19-13(24)7-2-1-3-16-7)12(23)17-5-11(22)18-9(6-20)14(25)26/h7-9,16,20H,1-6H2,(H2,15,21)(H,17,23)(H,18,22)(H,19,24)(H,25,26). The van der Waals surface area contributed by atoms with Crippen LogP contribution in [-0.4, -0.2) is 77.6 Å². The molecule has 0 aromatic carbocycles. The maximum Gasteiger partial charge on any atom is 0.328 e. The van der Waals surface area contributed by atoms with E-state index in [-0.39, 0.29) is 0 Å². The van der Waals surface area contributed by atoms with Gasteiger partial charge < -0.3 is 37.2 Å². The molecule has 146 valence electrons. The summed E-state index contributed by atoms with van der Waals surface area (Å²) >= 11 is 0. The second-order valence-electron chi connectivity index (χ2n) is 5.74. The number of amides is 4. The Hall–Kier alpha value is -2.73. The van der Waals surface area contributed by atoms with E-state index in [1.54, 1.807) is 0 Å². The molecular formula is C14H23N5O7. The molecule has 1 fully saturated rings. The largest absolute Gasteiger partial charge is 0.480 e. The van der Waals surface area contributed by atoms with Gasteiger partial charge in [-0.05, 0) is 19.4 Å². The molecule has 1 rings (SSSR count). The molecule has 26 heavy (non-hydrogen) atoms. The molecule has 8 N–H and O–H groups in total. The molecule has 4 amide bonds. The van der Waals surface area contributed by atoms with E-state index in [1.807, 2.05) is 5.32 Å². The summed E-state index contributed by atoms with van der Waals surface area (Å²) in [5, 5.41) is 27.1. The fourth-order valence-corrected chi connectivity index (χ4v) is 2.31. The fourth-order valence-electron chi connectivity index (χ4n) is 2.31. The number of hydrogen-bond acceptors (Lipinski definition) is 7. The van der Waals surface area contributed by atoms with Gasteiger partial charge in [0, 0.05) is 0 Å². The van der Waals surface area contributed by atoms with Crippen molar-refractivity contribution in [3.8, 4) is 0 Å². The number of carbonyl (C=O) groups is 5. The lowest BCUT2D eigenvalue weighted by Crippen LogP contribution is -2.54. The summed E-state index contributed by atoms with van der Waals surface area (Å²) in [6.07, 6.45) is 0.942. The molecule has 3 atom stereocenters. The number of nitrogens with one attached hydrogen (secondary N) is 4. The number of aliphatic hydroxyl groups excluding tert-OH is 1. The Bertz CT molecular complexity index is 562. The Labute approximate surface area is 148 Å². The highest BCUT2D eigenvalue weighted by Crippen LogP contribution is 2.05. The highest BCUT2D eigenvalue weighted by Gasteiger charge is 2.28. The van der Waals surface area contributed by atoms with Crippen molar-refractivity contribution < 1.29 is 34.2 Å². The van der Waals surface area contributed by atoms with Crippen LogP contribution in [0.1, 0.15) is 19.3 Å². The van der Waals surface area contributed by atoms with Gasteiger partial charge >= 0.3 is 5.97 Å². The predicted octanol–water partition coefficient (Wildman–Crippen LogP) is -4.22. The monoisotopic (exact) mass is 373 g/mol. The molecule has 0 saturated carbocycles. The lowest BCUT2D eigenvalue weighted by atomic mass is 10.1. The van der Waals surface area contributed by atoms with Gasteiger partial charge in [-0.1, -0.05) is 0 Å². The molecule has 0 aliphatic carbocycles. The summed E-state index contributed by atoms with van der Waals surface area (Å²) in [5.74, 6) is -4.39. The molecular weight excluding hydrogens is 350 g/mol. The van der Waals surface area contributed by atoms with Crippen LogP contribution in [-0.2, 0) is 24.0 Å². The summed E-state index contributed by atoms with van der Waals surface area (Å²) in [4.78, 5) is 57.6. The summed E-state index contributed by atoms with van der Waals surface area (Å²) in [6.45, 7) is -0.750. The molecule has 12 heteroatoms. The van der Waals surface area contributed by atoms with Crippen molar-refractivity contribution in [2.24, 2.45) is 5.73 Å². The lowest BCUT2D eigenvalue weighted by Gasteiger charge is -2.19. The van der Waals surface area contributed by atoms with Gasteiger partial charge in [0.15, 0.2) is 0 Å². The smallest absolute Gasteiger partial charge is 0.328 e. The minimum Gasteiger partial charge on any atom is -0.480 e. The van der Waals surface area contributed by atoms with E-state index in [9.17, 15) is 24.0 Å². The molecule has 3 unspecified atom stereocenters. The first-order valence-electron chi connectivity index (χ1n) is 7.97. The quantitative estimate of drug-likeness (QED) is 0.200. The van der Waals surface area contributed by atoms with Crippen LogP contribution in [0, 0.1) is 0 Å². The number of aliphatic carboxylic acids is 1. The molecule has 1 aliphatic rings. The number of carboxylic acid groups (broad SMARTS) is 1. The van der Waals surface area contributed by atoms with Gasteiger partial charge in [0.05, 0.1) is 25.6 Å². The van der Waals surface area contributed by atoms with Crippen LogP contribution in [0.25, 0.3) is 0 Å². The minimum atomic E-state index is -1.51. The van der Waals surface area contributed by atoms with E-state index >= 15 is 0 Å². The van der Waals surface area contributed by atoms with Crippen LogP contribution in [0.15, 0.2) is 0 Å². The summed E-state index contributed by atoms with van der Waals surface area (Å²) in [5.41, 5.74) is 5.08. The van der Waals surface area contributed by atoms with Crippen LogP contribution in [0.5, 0.6) is 0 Å². The average Bonchev–Trinajstić information content (AvgIpc) is 3.10. The van der Waals surface area contributed by atoms with Crippen LogP contribution < -0.4 is 27.0 Å². The first-order valence-corrected chi connectivity index (χ1v) is 7.97. The Kier molecular flexibility index (Phi) is 8.45. The zero-order chi connectivity index (χ0) is 19.7. The summed E-state index contributed by atoms with van der Waals surface area (Å²) in [6, 6.07) is -3.24. The Morgan fingerprint density at radius 2 is 1.85 bits per heavy atom. The number of nitrogens with two attached hydrogens (primary N) is 1. The van der Waals surface area contributed by atoms with Crippen molar-refractivity contribution in [3.05, 3.63) is 0 Å². The van der Waals surface area contributed by atoms with Crippen LogP contribution >= 0.6 is 0 Å². The summed E-state index contributed by atoms with van der Waals surface area (Å²) in [7, 11) is 0. The molecule has 0 radical (unpaired) electrons. The van der Waals surface area contributed by atoms with E-state index in [4.69, 9.17) is 15.9 Å². The van der Waals surface area contributed by atoms with E-state index in [1.165, 1.54) is 0 Å².